The average molecular weight is 313 g/mol. The maximum absolute atomic E-state index is 10.1. The molecule has 2 aromatic rings. The molecule has 0 spiro atoms. The second-order valence-corrected chi connectivity index (χ2v) is 6.09. The minimum atomic E-state index is -0.303. The molecule has 1 aliphatic rings. The first-order valence-electron chi connectivity index (χ1n) is 7.94. The molecule has 0 radical (unpaired) electrons. The molecule has 3 rings (SSSR count). The molecule has 4 nitrogen and oxygen atoms in total. The lowest BCUT2D eigenvalue weighted by molar-refractivity contribution is 0.172. The van der Waals surface area contributed by atoms with E-state index in [4.69, 9.17) is 9.84 Å². The molecule has 122 valence electrons. The first-order valence-corrected chi connectivity index (χ1v) is 7.94. The number of ether oxygens (including phenoxy) is 1. The maximum atomic E-state index is 10.1. The van der Waals surface area contributed by atoms with Gasteiger partial charge < -0.3 is 14.9 Å². The van der Waals surface area contributed by atoms with Crippen LogP contribution in [0.4, 0.5) is 0 Å². The van der Waals surface area contributed by atoms with E-state index in [2.05, 4.69) is 11.0 Å². The number of aliphatic hydroxyl groups excluding tert-OH is 2. The van der Waals surface area contributed by atoms with Gasteiger partial charge in [-0.05, 0) is 35.2 Å². The molecule has 1 aliphatic heterocycles. The molecule has 2 aromatic carbocycles. The van der Waals surface area contributed by atoms with Gasteiger partial charge in [0.25, 0.3) is 0 Å². The third kappa shape index (κ3) is 3.72. The second kappa shape index (κ2) is 7.13. The zero-order valence-electron chi connectivity index (χ0n) is 13.4. The number of nitrogens with zero attached hydrogens (tertiary/aromatic N) is 1. The predicted molar refractivity (Wildman–Crippen MR) is 89.1 cm³/mol. The first-order chi connectivity index (χ1) is 11.2. The highest BCUT2D eigenvalue weighted by Gasteiger charge is 2.32. The molecule has 1 saturated heterocycles. The summed E-state index contributed by atoms with van der Waals surface area (Å²) in [5.74, 6) is 0.844. The van der Waals surface area contributed by atoms with E-state index in [9.17, 15) is 5.11 Å². The molecule has 23 heavy (non-hydrogen) atoms. The quantitative estimate of drug-likeness (QED) is 0.890. The molecule has 0 aliphatic carbocycles. The summed E-state index contributed by atoms with van der Waals surface area (Å²) >= 11 is 0. The number of rotatable bonds is 5. The molecule has 2 N–H and O–H groups in total. The molecule has 1 heterocycles. The van der Waals surface area contributed by atoms with Gasteiger partial charge in [0.1, 0.15) is 5.75 Å². The normalized spacial score (nSPS) is 21.5. The minimum Gasteiger partial charge on any atom is -0.497 e. The SMILES string of the molecule is COc1cccc([C@@H]2C[C@H](O)CN2Cc2ccc(CO)cc2)c1. The van der Waals surface area contributed by atoms with Crippen molar-refractivity contribution in [3.8, 4) is 5.75 Å². The van der Waals surface area contributed by atoms with Gasteiger partial charge in [-0.1, -0.05) is 36.4 Å². The van der Waals surface area contributed by atoms with Gasteiger partial charge in [-0.3, -0.25) is 4.90 Å². The van der Waals surface area contributed by atoms with Crippen molar-refractivity contribution in [3.05, 3.63) is 65.2 Å². The lowest BCUT2D eigenvalue weighted by Gasteiger charge is -2.25. The van der Waals surface area contributed by atoms with Crippen molar-refractivity contribution in [2.75, 3.05) is 13.7 Å². The number of hydrogen-bond acceptors (Lipinski definition) is 4. The van der Waals surface area contributed by atoms with E-state index in [0.29, 0.717) is 6.54 Å². The second-order valence-electron chi connectivity index (χ2n) is 6.09. The van der Waals surface area contributed by atoms with E-state index in [-0.39, 0.29) is 18.8 Å². The smallest absolute Gasteiger partial charge is 0.119 e. The van der Waals surface area contributed by atoms with Crippen LogP contribution >= 0.6 is 0 Å². The number of aliphatic hydroxyl groups is 2. The van der Waals surface area contributed by atoms with Crippen LogP contribution in [0.1, 0.15) is 29.2 Å². The largest absolute Gasteiger partial charge is 0.497 e. The van der Waals surface area contributed by atoms with E-state index in [1.54, 1.807) is 7.11 Å². The Morgan fingerprint density at radius 3 is 2.57 bits per heavy atom. The monoisotopic (exact) mass is 313 g/mol. The summed E-state index contributed by atoms with van der Waals surface area (Å²) < 4.78 is 5.32. The lowest BCUT2D eigenvalue weighted by atomic mass is 10.0. The molecule has 1 fully saturated rings. The van der Waals surface area contributed by atoms with Crippen LogP contribution in [0.15, 0.2) is 48.5 Å². The summed E-state index contributed by atoms with van der Waals surface area (Å²) in [7, 11) is 1.67. The molecule has 0 bridgehead atoms. The Bertz CT molecular complexity index is 641. The van der Waals surface area contributed by atoms with E-state index >= 15 is 0 Å². The summed E-state index contributed by atoms with van der Waals surface area (Å²) in [6.07, 6.45) is 0.435. The number of hydrogen-bond donors (Lipinski definition) is 2. The molecule has 0 unspecified atom stereocenters. The van der Waals surface area contributed by atoms with E-state index in [1.165, 1.54) is 11.1 Å². The zero-order valence-corrected chi connectivity index (χ0v) is 13.4. The van der Waals surface area contributed by atoms with Crippen molar-refractivity contribution < 1.29 is 14.9 Å². The first kappa shape index (κ1) is 16.0. The summed E-state index contributed by atoms with van der Waals surface area (Å²) in [5.41, 5.74) is 3.27. The third-order valence-electron chi connectivity index (χ3n) is 4.45. The topological polar surface area (TPSA) is 52.9 Å². The summed E-state index contributed by atoms with van der Waals surface area (Å²) in [6, 6.07) is 16.2. The molecule has 0 saturated carbocycles. The standard InChI is InChI=1S/C19H23NO3/c1-23-18-4-2-3-16(9-18)19-10-17(22)12-20(19)11-14-5-7-15(13-21)8-6-14/h2-9,17,19,21-22H,10-13H2,1H3/t17-,19-/m0/s1. The van der Waals surface area contributed by atoms with Gasteiger partial charge in [0.2, 0.25) is 0 Å². The van der Waals surface area contributed by atoms with Crippen LogP contribution in [0.2, 0.25) is 0 Å². The number of methoxy groups -OCH3 is 1. The van der Waals surface area contributed by atoms with Crippen LogP contribution < -0.4 is 4.74 Å². The molecule has 4 heteroatoms. The lowest BCUT2D eigenvalue weighted by Crippen LogP contribution is -2.24. The number of likely N-dealkylation sites (tertiary alicyclic amines) is 1. The maximum Gasteiger partial charge on any atom is 0.119 e. The third-order valence-corrected chi connectivity index (χ3v) is 4.45. The van der Waals surface area contributed by atoms with Crippen molar-refractivity contribution in [2.45, 2.75) is 31.7 Å². The van der Waals surface area contributed by atoms with Gasteiger partial charge in [-0.15, -0.1) is 0 Å². The van der Waals surface area contributed by atoms with Crippen LogP contribution in [-0.2, 0) is 13.2 Å². The molecule has 0 aromatic heterocycles. The van der Waals surface area contributed by atoms with Crippen molar-refractivity contribution in [3.63, 3.8) is 0 Å². The van der Waals surface area contributed by atoms with Gasteiger partial charge >= 0.3 is 0 Å². The zero-order chi connectivity index (χ0) is 16.2. The van der Waals surface area contributed by atoms with Crippen molar-refractivity contribution in [2.24, 2.45) is 0 Å². The predicted octanol–water partition coefficient (Wildman–Crippen LogP) is 2.50. The minimum absolute atomic E-state index is 0.0646. The molecule has 2 atom stereocenters. The van der Waals surface area contributed by atoms with E-state index in [1.807, 2.05) is 42.5 Å². The summed E-state index contributed by atoms with van der Waals surface area (Å²) in [4.78, 5) is 2.30. The van der Waals surface area contributed by atoms with Gasteiger partial charge in [-0.25, -0.2) is 0 Å². The number of β-amino-alcohol motifs (C(OH)–C–C–N with tert-alkyl or cyclic N) is 1. The fourth-order valence-corrected chi connectivity index (χ4v) is 3.23. The summed E-state index contributed by atoms with van der Waals surface area (Å²) in [6.45, 7) is 1.52. The fourth-order valence-electron chi connectivity index (χ4n) is 3.23. The Labute approximate surface area is 136 Å². The van der Waals surface area contributed by atoms with Gasteiger partial charge in [0, 0.05) is 19.1 Å². The Morgan fingerprint density at radius 2 is 1.87 bits per heavy atom. The van der Waals surface area contributed by atoms with E-state index < -0.39 is 0 Å². The highest BCUT2D eigenvalue weighted by Crippen LogP contribution is 2.34. The van der Waals surface area contributed by atoms with Crippen LogP contribution in [0.25, 0.3) is 0 Å². The van der Waals surface area contributed by atoms with Gasteiger partial charge in [-0.2, -0.15) is 0 Å². The van der Waals surface area contributed by atoms with Crippen LogP contribution in [0.5, 0.6) is 5.75 Å². The molecule has 0 amide bonds. The van der Waals surface area contributed by atoms with Gasteiger partial charge in [0.15, 0.2) is 0 Å². The highest BCUT2D eigenvalue weighted by atomic mass is 16.5. The van der Waals surface area contributed by atoms with Gasteiger partial charge in [0.05, 0.1) is 19.8 Å². The Hall–Kier alpha value is -1.88. The average Bonchev–Trinajstić information content (AvgIpc) is 2.96. The summed E-state index contributed by atoms with van der Waals surface area (Å²) in [5, 5.41) is 19.2. The molecular formula is C19H23NO3. The van der Waals surface area contributed by atoms with Crippen LogP contribution in [0, 0.1) is 0 Å². The van der Waals surface area contributed by atoms with Crippen molar-refractivity contribution in [1.29, 1.82) is 0 Å². The Balaban J connectivity index is 1.78. The van der Waals surface area contributed by atoms with Crippen LogP contribution in [-0.4, -0.2) is 34.9 Å². The van der Waals surface area contributed by atoms with Crippen molar-refractivity contribution in [1.82, 2.24) is 4.90 Å². The van der Waals surface area contributed by atoms with E-state index in [0.717, 1.165) is 24.3 Å². The Kier molecular flexibility index (Phi) is 4.96. The van der Waals surface area contributed by atoms with Crippen LogP contribution in [0.3, 0.4) is 0 Å². The number of benzene rings is 2. The fraction of sp³-hybridized carbons (Fsp3) is 0.368. The van der Waals surface area contributed by atoms with Crippen molar-refractivity contribution >= 4 is 0 Å². The molecular weight excluding hydrogens is 290 g/mol. The highest BCUT2D eigenvalue weighted by molar-refractivity contribution is 5.31. The Morgan fingerprint density at radius 1 is 1.13 bits per heavy atom.